The third kappa shape index (κ3) is 12.5. The van der Waals surface area contributed by atoms with Gasteiger partial charge in [0.25, 0.3) is 0 Å². The number of aromatic nitrogens is 12. The molecule has 0 saturated heterocycles. The van der Waals surface area contributed by atoms with Crippen molar-refractivity contribution in [2.45, 2.75) is 0 Å². The number of rotatable bonds is 9. The average Bonchev–Trinajstić information content (AvgIpc) is 1.56. The zero-order valence-electron chi connectivity index (χ0n) is 74.4. The van der Waals surface area contributed by atoms with Gasteiger partial charge in [-0.05, 0) is 189 Å². The summed E-state index contributed by atoms with van der Waals surface area (Å²) in [5.74, 6) is 2.46. The second kappa shape index (κ2) is 31.5. The van der Waals surface area contributed by atoms with Crippen molar-refractivity contribution in [3.63, 3.8) is 0 Å². The van der Waals surface area contributed by atoms with E-state index in [4.69, 9.17) is 29.9 Å². The highest BCUT2D eigenvalue weighted by molar-refractivity contribution is 6.23. The molecule has 9 heterocycles. The third-order valence-corrected chi connectivity index (χ3v) is 27.9. The van der Waals surface area contributed by atoms with Crippen LogP contribution in [0.1, 0.15) is 0 Å². The van der Waals surface area contributed by atoms with Crippen LogP contribution in [0, 0.1) is 0 Å². The minimum absolute atomic E-state index is 0.815. The third-order valence-electron chi connectivity index (χ3n) is 27.9. The topological polar surface area (TPSA) is 107 Å². The van der Waals surface area contributed by atoms with E-state index in [9.17, 15) is 0 Å². The fourth-order valence-electron chi connectivity index (χ4n) is 21.6. The Kier molecular flexibility index (Phi) is 17.8. The van der Waals surface area contributed by atoms with Crippen molar-refractivity contribution in [3.05, 3.63) is 473 Å². The number of fused-ring (bicyclic) bond motifs is 24. The molecule has 0 aliphatic heterocycles. The summed E-state index contributed by atoms with van der Waals surface area (Å²) >= 11 is 0. The van der Waals surface area contributed by atoms with Gasteiger partial charge in [0.2, 0.25) is 0 Å². The summed E-state index contributed by atoms with van der Waals surface area (Å²) < 4.78 is 14.1. The van der Waals surface area contributed by atoms with Crippen molar-refractivity contribution in [1.82, 2.24) is 57.3 Å². The smallest absolute Gasteiger partial charge is 0.165 e. The molecular weight excluding hydrogens is 1680 g/mol. The van der Waals surface area contributed by atoms with E-state index in [1.54, 1.807) is 0 Å². The molecule has 0 saturated carbocycles. The van der Waals surface area contributed by atoms with E-state index in [1.165, 1.54) is 141 Å². The summed E-state index contributed by atoms with van der Waals surface area (Å²) in [6, 6.07) is 166. The minimum atomic E-state index is 0.815. The molecule has 0 fully saturated rings. The zero-order chi connectivity index (χ0) is 90.6. The van der Waals surface area contributed by atoms with Gasteiger partial charge in [-0.15, -0.1) is 0 Å². The predicted octanol–water partition coefficient (Wildman–Crippen LogP) is 31.9. The Balaban J connectivity index is 0.000000103. The van der Waals surface area contributed by atoms with E-state index < -0.39 is 0 Å². The maximum atomic E-state index is 5.39. The summed E-state index contributed by atoms with van der Waals surface area (Å²) in [6.07, 6.45) is 1.89. The van der Waals surface area contributed by atoms with Crippen molar-refractivity contribution in [3.8, 4) is 68.2 Å². The second-order valence-corrected chi connectivity index (χ2v) is 35.7. The van der Waals surface area contributed by atoms with Gasteiger partial charge in [-0.2, -0.15) is 0 Å². The molecule has 0 spiro atoms. The number of nitrogens with zero attached hydrogens (tertiary/aromatic N) is 12. The first-order valence-corrected chi connectivity index (χ1v) is 46.8. The van der Waals surface area contributed by atoms with Crippen LogP contribution in [0.4, 0.5) is 0 Å². The minimum Gasteiger partial charge on any atom is -0.309 e. The molecule has 642 valence electrons. The highest BCUT2D eigenvalue weighted by atomic mass is 15.1. The van der Waals surface area contributed by atoms with Gasteiger partial charge in [-0.25, -0.2) is 24.9 Å². The molecule has 0 atom stereocenters. The SMILES string of the molecule is c1ccc(-c2ccc(-c3nc4ccccc4nc3-n3c4ccccc4c4cc5c(cc43)c3ccccc3n5-c3ccc4ccccc4c3)cc2)cc1.c1ccc(-c2nc3ccccc3nc2-n2c3ccccc3c3cc4c(cc32)c2ccccc2n4-c2ccc3ccccc3c2)cc1.c1ccc2cc(-n3c4ccccc4c4cc5c(cc43)c3ccccc3n5-c3cnc4ccccc4n3)ccc2c1. The van der Waals surface area contributed by atoms with Crippen LogP contribution >= 0.6 is 0 Å². The lowest BCUT2D eigenvalue weighted by molar-refractivity contribution is 1.08. The molecule has 138 heavy (non-hydrogen) atoms. The molecule has 30 aromatic rings. The number of para-hydroxylation sites is 12. The highest BCUT2D eigenvalue weighted by Crippen LogP contribution is 2.47. The van der Waals surface area contributed by atoms with Gasteiger partial charge in [0.05, 0.1) is 105 Å². The van der Waals surface area contributed by atoms with E-state index >= 15 is 0 Å². The molecule has 12 nitrogen and oxygen atoms in total. The molecule has 30 rings (SSSR count). The van der Waals surface area contributed by atoms with Gasteiger partial charge in [-0.1, -0.05) is 322 Å². The lowest BCUT2D eigenvalue weighted by Gasteiger charge is -2.14. The van der Waals surface area contributed by atoms with Gasteiger partial charge < -0.3 is 13.7 Å². The largest absolute Gasteiger partial charge is 0.309 e. The molecule has 0 aliphatic carbocycles. The molecule has 0 radical (unpaired) electrons. The van der Waals surface area contributed by atoms with E-state index in [0.717, 1.165) is 123 Å². The summed E-state index contributed by atoms with van der Waals surface area (Å²) in [6.45, 7) is 0. The number of benzene rings is 21. The van der Waals surface area contributed by atoms with Gasteiger partial charge in [0.15, 0.2) is 17.5 Å². The van der Waals surface area contributed by atoms with Crippen molar-refractivity contribution in [2.75, 3.05) is 0 Å². The quantitative estimate of drug-likeness (QED) is 0.142. The normalized spacial score (nSPS) is 11.9. The number of hydrogen-bond acceptors (Lipinski definition) is 6. The molecule has 0 unspecified atom stereocenters. The Labute approximate surface area is 789 Å². The molecule has 0 amide bonds. The summed E-state index contributed by atoms with van der Waals surface area (Å²) in [4.78, 5) is 31.0. The lowest BCUT2D eigenvalue weighted by Crippen LogP contribution is -2.03. The highest BCUT2D eigenvalue weighted by Gasteiger charge is 2.27. The van der Waals surface area contributed by atoms with Gasteiger partial charge >= 0.3 is 0 Å². The fourth-order valence-corrected chi connectivity index (χ4v) is 21.6. The van der Waals surface area contributed by atoms with Crippen LogP contribution in [0.2, 0.25) is 0 Å². The van der Waals surface area contributed by atoms with E-state index in [1.807, 2.05) is 79.0 Å². The Hall–Kier alpha value is -18.8. The van der Waals surface area contributed by atoms with Crippen LogP contribution in [0.15, 0.2) is 473 Å². The van der Waals surface area contributed by atoms with Gasteiger partial charge in [0.1, 0.15) is 11.4 Å². The summed E-state index contributed by atoms with van der Waals surface area (Å²) in [7, 11) is 0. The molecule has 0 aliphatic rings. The summed E-state index contributed by atoms with van der Waals surface area (Å²) in [5, 5.41) is 21.8. The van der Waals surface area contributed by atoms with Gasteiger partial charge in [-0.3, -0.25) is 18.7 Å². The fraction of sp³-hybridized carbons (Fsp3) is 0. The number of hydrogen-bond donors (Lipinski definition) is 0. The maximum Gasteiger partial charge on any atom is 0.165 e. The second-order valence-electron chi connectivity index (χ2n) is 35.7. The first kappa shape index (κ1) is 77.9. The Bertz CT molecular complexity index is 10100. The Morgan fingerprint density at radius 2 is 0.391 bits per heavy atom. The maximum absolute atomic E-state index is 5.39. The Morgan fingerprint density at radius 1 is 0.145 bits per heavy atom. The molecule has 12 heteroatoms. The lowest BCUT2D eigenvalue weighted by atomic mass is 10.0. The monoisotopic (exact) mass is 1760 g/mol. The van der Waals surface area contributed by atoms with Crippen LogP contribution in [0.3, 0.4) is 0 Å². The van der Waals surface area contributed by atoms with Crippen molar-refractivity contribution < 1.29 is 0 Å². The molecular formula is C126H78N12. The van der Waals surface area contributed by atoms with E-state index in [2.05, 4.69) is 422 Å². The zero-order valence-corrected chi connectivity index (χ0v) is 74.4. The average molecular weight is 1760 g/mol. The van der Waals surface area contributed by atoms with Crippen molar-refractivity contribution in [2.24, 2.45) is 0 Å². The van der Waals surface area contributed by atoms with Crippen LogP contribution in [0.25, 0.3) is 264 Å². The van der Waals surface area contributed by atoms with Crippen LogP contribution in [0.5, 0.6) is 0 Å². The summed E-state index contributed by atoms with van der Waals surface area (Å²) in [5.41, 5.74) is 28.6. The van der Waals surface area contributed by atoms with E-state index in [-0.39, 0.29) is 0 Å². The van der Waals surface area contributed by atoms with Gasteiger partial charge in [0, 0.05) is 92.8 Å². The first-order chi connectivity index (χ1) is 68.4. The molecule has 0 bridgehead atoms. The van der Waals surface area contributed by atoms with Crippen LogP contribution in [-0.2, 0) is 0 Å². The molecule has 0 N–H and O–H groups in total. The predicted molar refractivity (Wildman–Crippen MR) is 573 cm³/mol. The van der Waals surface area contributed by atoms with Crippen molar-refractivity contribution in [1.29, 1.82) is 0 Å². The first-order valence-electron chi connectivity index (χ1n) is 46.8. The molecule has 9 aromatic heterocycles. The van der Waals surface area contributed by atoms with Crippen molar-refractivity contribution >= 4 is 196 Å². The van der Waals surface area contributed by atoms with Crippen LogP contribution in [-0.4, -0.2) is 57.3 Å². The van der Waals surface area contributed by atoms with E-state index in [0.29, 0.717) is 0 Å². The van der Waals surface area contributed by atoms with Crippen LogP contribution < -0.4 is 0 Å². The Morgan fingerprint density at radius 3 is 0.754 bits per heavy atom. The standard InChI is InChI=1S/C48H30N4.C42H26N4.C36H22N4/c1-2-12-31(13-3-1)33-22-24-34(25-23-33)47-48(50-42-19-9-8-18-41(42)49-47)52-44-21-11-7-17-38(44)40-29-45-39(30-46(40)52)37-16-6-10-20-43(37)51(45)36-27-26-32-14-4-5-15-35(32)28-36;1-2-13-28(14-3-1)41-42(44-36-19-9-8-18-35(36)43-41)46-38-21-11-7-17-32(38)34-25-39-33(26-40(34)46)31-16-6-10-20-37(31)45(39)30-23-22-27-12-4-5-15-29(27)24-30;1-2-10-24-19-25(18-17-23(24)9-1)39-32-15-7-3-11-26(32)28-21-35-29(20-34(28)39)27-12-4-8-16-33(27)40(35)36-22-37-30-13-5-6-14-31(30)38-36/h1-30H;1-26H;1-22H. The molecule has 21 aromatic carbocycles.